The first kappa shape index (κ1) is 12.6. The van der Waals surface area contributed by atoms with Gasteiger partial charge in [-0.25, -0.2) is 4.98 Å². The highest BCUT2D eigenvalue weighted by Gasteiger charge is 2.12. The van der Waals surface area contributed by atoms with Gasteiger partial charge in [0.1, 0.15) is 5.82 Å². The fourth-order valence-corrected chi connectivity index (χ4v) is 2.12. The van der Waals surface area contributed by atoms with Crippen LogP contribution in [0, 0.1) is 0 Å². The molecule has 1 atom stereocenters. The van der Waals surface area contributed by atoms with Crippen molar-refractivity contribution < 1.29 is 5.11 Å². The highest BCUT2D eigenvalue weighted by atomic mass is 79.9. The fourth-order valence-electron chi connectivity index (χ4n) is 1.60. The maximum atomic E-state index is 10.1. The van der Waals surface area contributed by atoms with Crippen molar-refractivity contribution in [1.29, 1.82) is 0 Å². The summed E-state index contributed by atoms with van der Waals surface area (Å²) >= 11 is 9.25. The van der Waals surface area contributed by atoms with Crippen LogP contribution in [0.4, 0.5) is 0 Å². The standard InChI is InChI=1S/C12H12BrClN2O/c1-16-5-4-15-12(16)7-11(17)8-2-3-10(14)9(13)6-8/h2-6,11,17H,7H2,1H3. The van der Waals surface area contributed by atoms with E-state index < -0.39 is 6.10 Å². The van der Waals surface area contributed by atoms with Gasteiger partial charge in [0.25, 0.3) is 0 Å². The van der Waals surface area contributed by atoms with Crippen LogP contribution in [0.1, 0.15) is 17.5 Å². The zero-order valence-corrected chi connectivity index (χ0v) is 11.6. The Morgan fingerprint density at radius 3 is 2.88 bits per heavy atom. The Kier molecular flexibility index (Phi) is 3.86. The van der Waals surface area contributed by atoms with E-state index in [1.807, 2.05) is 29.9 Å². The summed E-state index contributed by atoms with van der Waals surface area (Å²) in [5.74, 6) is 0.851. The van der Waals surface area contributed by atoms with Gasteiger partial charge in [0.2, 0.25) is 0 Å². The zero-order valence-electron chi connectivity index (χ0n) is 9.27. The molecule has 0 bridgehead atoms. The number of nitrogens with zero attached hydrogens (tertiary/aromatic N) is 2. The van der Waals surface area contributed by atoms with Crippen LogP contribution < -0.4 is 0 Å². The Morgan fingerprint density at radius 2 is 2.29 bits per heavy atom. The molecule has 0 saturated carbocycles. The highest BCUT2D eigenvalue weighted by molar-refractivity contribution is 9.10. The van der Waals surface area contributed by atoms with Crippen molar-refractivity contribution in [3.63, 3.8) is 0 Å². The summed E-state index contributed by atoms with van der Waals surface area (Å²) in [7, 11) is 1.91. The van der Waals surface area contributed by atoms with E-state index in [1.165, 1.54) is 0 Å². The molecule has 0 spiro atoms. The van der Waals surface area contributed by atoms with Crippen LogP contribution in [-0.2, 0) is 13.5 Å². The smallest absolute Gasteiger partial charge is 0.111 e. The summed E-state index contributed by atoms with van der Waals surface area (Å²) in [5.41, 5.74) is 0.823. The first-order chi connectivity index (χ1) is 8.08. The minimum atomic E-state index is -0.579. The van der Waals surface area contributed by atoms with E-state index in [0.29, 0.717) is 11.4 Å². The minimum absolute atomic E-state index is 0.484. The van der Waals surface area contributed by atoms with Crippen molar-refractivity contribution in [2.45, 2.75) is 12.5 Å². The largest absolute Gasteiger partial charge is 0.388 e. The van der Waals surface area contributed by atoms with Crippen LogP contribution in [0.25, 0.3) is 0 Å². The van der Waals surface area contributed by atoms with E-state index in [0.717, 1.165) is 15.9 Å². The highest BCUT2D eigenvalue weighted by Crippen LogP contribution is 2.27. The fraction of sp³-hybridized carbons (Fsp3) is 0.250. The summed E-state index contributed by atoms with van der Waals surface area (Å²) in [4.78, 5) is 4.19. The summed E-state index contributed by atoms with van der Waals surface area (Å²) in [5, 5.41) is 10.8. The molecule has 2 aromatic rings. The Hall–Kier alpha value is -0.840. The molecule has 3 nitrogen and oxygen atoms in total. The first-order valence-electron chi connectivity index (χ1n) is 5.17. The second-order valence-electron chi connectivity index (χ2n) is 3.85. The predicted molar refractivity (Wildman–Crippen MR) is 71.0 cm³/mol. The number of aliphatic hydroxyl groups is 1. The van der Waals surface area contributed by atoms with Crippen molar-refractivity contribution in [2.75, 3.05) is 0 Å². The normalized spacial score (nSPS) is 12.7. The van der Waals surface area contributed by atoms with Crippen LogP contribution in [0.5, 0.6) is 0 Å². The average Bonchev–Trinajstić information content (AvgIpc) is 2.68. The molecule has 1 aromatic carbocycles. The number of rotatable bonds is 3. The average molecular weight is 316 g/mol. The molecule has 0 aliphatic rings. The molecule has 1 unspecified atom stereocenters. The molecule has 0 aliphatic carbocycles. The maximum absolute atomic E-state index is 10.1. The molecular weight excluding hydrogens is 304 g/mol. The SMILES string of the molecule is Cn1ccnc1CC(O)c1ccc(Cl)c(Br)c1. The van der Waals surface area contributed by atoms with Gasteiger partial charge in [0.05, 0.1) is 11.1 Å². The van der Waals surface area contributed by atoms with Crippen LogP contribution in [-0.4, -0.2) is 14.7 Å². The van der Waals surface area contributed by atoms with Crippen LogP contribution in [0.3, 0.4) is 0 Å². The predicted octanol–water partition coefficient (Wildman–Crippen LogP) is 3.11. The van der Waals surface area contributed by atoms with Crippen LogP contribution >= 0.6 is 27.5 Å². The number of hydrogen-bond donors (Lipinski definition) is 1. The van der Waals surface area contributed by atoms with Crippen molar-refractivity contribution in [1.82, 2.24) is 9.55 Å². The van der Waals surface area contributed by atoms with Gasteiger partial charge >= 0.3 is 0 Å². The molecule has 0 fully saturated rings. The minimum Gasteiger partial charge on any atom is -0.388 e. The molecule has 0 aliphatic heterocycles. The van der Waals surface area contributed by atoms with Crippen LogP contribution in [0.2, 0.25) is 5.02 Å². The van der Waals surface area contributed by atoms with E-state index in [9.17, 15) is 5.11 Å². The molecule has 0 amide bonds. The second kappa shape index (κ2) is 5.21. The third-order valence-corrected chi connectivity index (χ3v) is 3.84. The van der Waals surface area contributed by atoms with Gasteiger partial charge in [-0.3, -0.25) is 0 Å². The Bertz CT molecular complexity index is 527. The van der Waals surface area contributed by atoms with Gasteiger partial charge in [-0.05, 0) is 33.6 Å². The Morgan fingerprint density at radius 1 is 1.53 bits per heavy atom. The lowest BCUT2D eigenvalue weighted by Gasteiger charge is -2.11. The molecular formula is C12H12BrClN2O. The van der Waals surface area contributed by atoms with Crippen molar-refractivity contribution in [3.8, 4) is 0 Å². The molecule has 1 aromatic heterocycles. The molecule has 5 heteroatoms. The van der Waals surface area contributed by atoms with Crippen molar-refractivity contribution in [3.05, 3.63) is 51.5 Å². The first-order valence-corrected chi connectivity index (χ1v) is 6.34. The monoisotopic (exact) mass is 314 g/mol. The molecule has 2 rings (SSSR count). The van der Waals surface area contributed by atoms with E-state index >= 15 is 0 Å². The third-order valence-electron chi connectivity index (χ3n) is 2.63. The number of imidazole rings is 1. The van der Waals surface area contributed by atoms with Crippen LogP contribution in [0.15, 0.2) is 35.1 Å². The zero-order chi connectivity index (χ0) is 12.4. The van der Waals surface area contributed by atoms with E-state index in [1.54, 1.807) is 12.3 Å². The molecule has 90 valence electrons. The van der Waals surface area contributed by atoms with E-state index in [2.05, 4.69) is 20.9 Å². The van der Waals surface area contributed by atoms with Crippen molar-refractivity contribution in [2.24, 2.45) is 7.05 Å². The van der Waals surface area contributed by atoms with Gasteiger partial charge in [0, 0.05) is 30.3 Å². The number of halogens is 2. The lowest BCUT2D eigenvalue weighted by atomic mass is 10.1. The lowest BCUT2D eigenvalue weighted by molar-refractivity contribution is 0.175. The topological polar surface area (TPSA) is 38.0 Å². The third kappa shape index (κ3) is 2.89. The van der Waals surface area contributed by atoms with Crippen molar-refractivity contribution >= 4 is 27.5 Å². The quantitative estimate of drug-likeness (QED) is 0.945. The lowest BCUT2D eigenvalue weighted by Crippen LogP contribution is -2.06. The van der Waals surface area contributed by atoms with Gasteiger partial charge < -0.3 is 9.67 Å². The number of hydrogen-bond acceptors (Lipinski definition) is 2. The number of benzene rings is 1. The Labute approximate surface area is 113 Å². The molecule has 0 saturated heterocycles. The number of aliphatic hydroxyl groups excluding tert-OH is 1. The van der Waals surface area contributed by atoms with Gasteiger partial charge in [0.15, 0.2) is 0 Å². The molecule has 0 radical (unpaired) electrons. The summed E-state index contributed by atoms with van der Waals surface area (Å²) in [6.07, 6.45) is 3.49. The van der Waals surface area contributed by atoms with E-state index in [-0.39, 0.29) is 0 Å². The number of aromatic nitrogens is 2. The summed E-state index contributed by atoms with van der Waals surface area (Å²) in [6.45, 7) is 0. The van der Waals surface area contributed by atoms with E-state index in [4.69, 9.17) is 11.6 Å². The number of aryl methyl sites for hydroxylation is 1. The van der Waals surface area contributed by atoms with Gasteiger partial charge in [-0.15, -0.1) is 0 Å². The summed E-state index contributed by atoms with van der Waals surface area (Å²) in [6, 6.07) is 5.42. The van der Waals surface area contributed by atoms with Gasteiger partial charge in [-0.2, -0.15) is 0 Å². The molecule has 1 N–H and O–H groups in total. The second-order valence-corrected chi connectivity index (χ2v) is 5.11. The molecule has 1 heterocycles. The maximum Gasteiger partial charge on any atom is 0.111 e. The Balaban J connectivity index is 2.17. The van der Waals surface area contributed by atoms with Gasteiger partial charge in [-0.1, -0.05) is 17.7 Å². The molecule has 17 heavy (non-hydrogen) atoms. The summed E-state index contributed by atoms with van der Waals surface area (Å²) < 4.78 is 2.68.